The molecule has 0 aliphatic heterocycles. The zero-order valence-corrected chi connectivity index (χ0v) is 13.6. The van der Waals surface area contributed by atoms with Crippen molar-refractivity contribution in [1.29, 1.82) is 0 Å². The molecule has 0 aliphatic rings. The van der Waals surface area contributed by atoms with Crippen LogP contribution >= 0.6 is 15.9 Å². The summed E-state index contributed by atoms with van der Waals surface area (Å²) in [5.41, 5.74) is 4.79. The number of aromatic nitrogens is 1. The summed E-state index contributed by atoms with van der Waals surface area (Å²) in [4.78, 5) is 16.1. The van der Waals surface area contributed by atoms with Crippen molar-refractivity contribution in [2.24, 2.45) is 0 Å². The predicted octanol–water partition coefficient (Wildman–Crippen LogP) is 5.03. The molecule has 3 heteroatoms. The Bertz CT molecular complexity index is 832. The minimum absolute atomic E-state index is 0.0464. The lowest BCUT2D eigenvalue weighted by molar-refractivity contribution is 0.103. The molecule has 1 N–H and O–H groups in total. The van der Waals surface area contributed by atoms with Crippen LogP contribution in [0, 0.1) is 6.92 Å². The summed E-state index contributed by atoms with van der Waals surface area (Å²) < 4.78 is 0.871. The molecule has 3 rings (SSSR count). The number of nitrogens with one attached hydrogen (secondary N) is 1. The number of halogens is 1. The summed E-state index contributed by atoms with van der Waals surface area (Å²) in [5, 5.41) is 0.993. The normalized spacial score (nSPS) is 11.0. The molecule has 0 spiro atoms. The molecule has 0 radical (unpaired) electrons. The Kier molecular flexibility index (Phi) is 3.68. The molecule has 0 fully saturated rings. The molecule has 0 bridgehead atoms. The highest BCUT2D eigenvalue weighted by Gasteiger charge is 2.18. The van der Waals surface area contributed by atoms with Gasteiger partial charge in [0.2, 0.25) is 0 Å². The highest BCUT2D eigenvalue weighted by molar-refractivity contribution is 9.10. The fourth-order valence-corrected chi connectivity index (χ4v) is 3.11. The van der Waals surface area contributed by atoms with E-state index in [1.54, 1.807) is 0 Å². The van der Waals surface area contributed by atoms with Gasteiger partial charge in [0.1, 0.15) is 0 Å². The van der Waals surface area contributed by atoms with Crippen molar-refractivity contribution in [3.05, 3.63) is 69.3 Å². The van der Waals surface area contributed by atoms with Crippen LogP contribution in [-0.4, -0.2) is 10.8 Å². The van der Waals surface area contributed by atoms with E-state index in [1.807, 2.05) is 43.5 Å². The lowest BCUT2D eigenvalue weighted by Crippen LogP contribution is -2.02. The Balaban J connectivity index is 2.17. The third kappa shape index (κ3) is 2.32. The van der Waals surface area contributed by atoms with Crippen LogP contribution in [0.5, 0.6) is 0 Å². The average molecular weight is 342 g/mol. The van der Waals surface area contributed by atoms with Crippen molar-refractivity contribution in [2.75, 3.05) is 0 Å². The van der Waals surface area contributed by atoms with Gasteiger partial charge in [0.15, 0.2) is 5.78 Å². The number of hydrogen-bond donors (Lipinski definition) is 1. The lowest BCUT2D eigenvalue weighted by atomic mass is 10.00. The highest BCUT2D eigenvalue weighted by atomic mass is 79.9. The average Bonchev–Trinajstić information content (AvgIpc) is 2.93. The van der Waals surface area contributed by atoms with E-state index in [-0.39, 0.29) is 5.78 Å². The minimum Gasteiger partial charge on any atom is -0.360 e. The van der Waals surface area contributed by atoms with Gasteiger partial charge in [0, 0.05) is 32.7 Å². The van der Waals surface area contributed by atoms with Gasteiger partial charge in [-0.25, -0.2) is 0 Å². The summed E-state index contributed by atoms with van der Waals surface area (Å²) in [6.07, 6.45) is 2.76. The Morgan fingerprint density at radius 3 is 2.67 bits per heavy atom. The predicted molar refractivity (Wildman–Crippen MR) is 90.0 cm³/mol. The number of ketones is 1. The Hall–Kier alpha value is -1.87. The number of carbonyl (C=O) groups excluding carboxylic acids is 1. The van der Waals surface area contributed by atoms with E-state index in [2.05, 4.69) is 33.9 Å². The van der Waals surface area contributed by atoms with Gasteiger partial charge in [-0.1, -0.05) is 37.3 Å². The van der Waals surface area contributed by atoms with Crippen LogP contribution in [0.3, 0.4) is 0 Å². The molecule has 0 saturated carbocycles. The van der Waals surface area contributed by atoms with E-state index in [1.165, 1.54) is 5.56 Å². The van der Waals surface area contributed by atoms with Crippen molar-refractivity contribution >= 4 is 32.6 Å². The molecule has 2 nitrogen and oxygen atoms in total. The number of carbonyl (C=O) groups is 1. The maximum Gasteiger partial charge on any atom is 0.196 e. The van der Waals surface area contributed by atoms with Gasteiger partial charge in [-0.05, 0) is 46.5 Å². The van der Waals surface area contributed by atoms with E-state index >= 15 is 0 Å². The lowest BCUT2D eigenvalue weighted by Gasteiger charge is -2.06. The highest BCUT2D eigenvalue weighted by Crippen LogP contribution is 2.28. The summed E-state index contributed by atoms with van der Waals surface area (Å²) >= 11 is 3.53. The Labute approximate surface area is 132 Å². The second-order valence-corrected chi connectivity index (χ2v) is 5.95. The largest absolute Gasteiger partial charge is 0.360 e. The van der Waals surface area contributed by atoms with E-state index in [0.717, 1.165) is 32.9 Å². The zero-order chi connectivity index (χ0) is 15.0. The Morgan fingerprint density at radius 1 is 1.14 bits per heavy atom. The van der Waals surface area contributed by atoms with Crippen LogP contribution < -0.4 is 0 Å². The molecule has 0 unspecified atom stereocenters. The van der Waals surface area contributed by atoms with Crippen LogP contribution in [-0.2, 0) is 6.42 Å². The van der Waals surface area contributed by atoms with E-state index in [0.29, 0.717) is 5.56 Å². The molecule has 1 aromatic heterocycles. The SMILES string of the molecule is CCc1cccc2c(C(=O)c3cccc(C)c3Br)c[nH]c12. The van der Waals surface area contributed by atoms with Gasteiger partial charge in [-0.15, -0.1) is 0 Å². The second-order valence-electron chi connectivity index (χ2n) is 5.16. The topological polar surface area (TPSA) is 32.9 Å². The molecule has 0 amide bonds. The van der Waals surface area contributed by atoms with E-state index in [9.17, 15) is 4.79 Å². The summed E-state index contributed by atoms with van der Waals surface area (Å²) in [6, 6.07) is 11.9. The zero-order valence-electron chi connectivity index (χ0n) is 12.0. The quantitative estimate of drug-likeness (QED) is 0.665. The second kappa shape index (κ2) is 5.49. The smallest absolute Gasteiger partial charge is 0.196 e. The number of H-pyrrole nitrogens is 1. The molecule has 21 heavy (non-hydrogen) atoms. The number of fused-ring (bicyclic) bond motifs is 1. The number of benzene rings is 2. The van der Waals surface area contributed by atoms with Gasteiger partial charge >= 0.3 is 0 Å². The standard InChI is InChI=1S/C18H16BrNO/c1-3-12-7-5-8-13-15(10-20-17(12)13)18(21)14-9-4-6-11(2)16(14)19/h4-10,20H,3H2,1-2H3. The fraction of sp³-hybridized carbons (Fsp3) is 0.167. The first-order chi connectivity index (χ1) is 10.1. The van der Waals surface area contributed by atoms with Gasteiger partial charge in [0.25, 0.3) is 0 Å². The van der Waals surface area contributed by atoms with Crippen molar-refractivity contribution < 1.29 is 4.79 Å². The van der Waals surface area contributed by atoms with Gasteiger partial charge in [-0.3, -0.25) is 4.79 Å². The Morgan fingerprint density at radius 2 is 1.90 bits per heavy atom. The maximum atomic E-state index is 12.8. The van der Waals surface area contributed by atoms with Crippen molar-refractivity contribution in [3.63, 3.8) is 0 Å². The third-order valence-corrected chi connectivity index (χ3v) is 4.92. The van der Waals surface area contributed by atoms with Gasteiger partial charge in [0.05, 0.1) is 0 Å². The number of para-hydroxylation sites is 1. The molecule has 2 aromatic carbocycles. The summed E-state index contributed by atoms with van der Waals surface area (Å²) in [7, 11) is 0. The van der Waals surface area contributed by atoms with Crippen LogP contribution in [0.4, 0.5) is 0 Å². The van der Waals surface area contributed by atoms with Crippen LogP contribution in [0.1, 0.15) is 34.0 Å². The molecule has 3 aromatic rings. The van der Waals surface area contributed by atoms with Crippen LogP contribution in [0.15, 0.2) is 47.1 Å². The molecule has 0 saturated heterocycles. The van der Waals surface area contributed by atoms with Crippen molar-refractivity contribution in [2.45, 2.75) is 20.3 Å². The minimum atomic E-state index is 0.0464. The molecule has 106 valence electrons. The number of rotatable bonds is 3. The molecule has 1 heterocycles. The van der Waals surface area contributed by atoms with E-state index in [4.69, 9.17) is 0 Å². The number of aryl methyl sites for hydroxylation is 2. The monoisotopic (exact) mass is 341 g/mol. The van der Waals surface area contributed by atoms with Gasteiger partial charge < -0.3 is 4.98 Å². The van der Waals surface area contributed by atoms with Gasteiger partial charge in [-0.2, -0.15) is 0 Å². The number of aromatic amines is 1. The van der Waals surface area contributed by atoms with E-state index < -0.39 is 0 Å². The third-order valence-electron chi connectivity index (χ3n) is 3.86. The summed E-state index contributed by atoms with van der Waals surface area (Å²) in [5.74, 6) is 0.0464. The van der Waals surface area contributed by atoms with Crippen molar-refractivity contribution in [1.82, 2.24) is 4.98 Å². The fourth-order valence-electron chi connectivity index (χ4n) is 2.67. The van der Waals surface area contributed by atoms with Crippen LogP contribution in [0.25, 0.3) is 10.9 Å². The summed E-state index contributed by atoms with van der Waals surface area (Å²) in [6.45, 7) is 4.11. The van der Waals surface area contributed by atoms with Crippen LogP contribution in [0.2, 0.25) is 0 Å². The molecule has 0 atom stereocenters. The number of hydrogen-bond acceptors (Lipinski definition) is 1. The molecular weight excluding hydrogens is 326 g/mol. The maximum absolute atomic E-state index is 12.8. The van der Waals surface area contributed by atoms with Crippen molar-refractivity contribution in [3.8, 4) is 0 Å². The molecule has 0 aliphatic carbocycles. The first-order valence-corrected chi connectivity index (χ1v) is 7.81. The first-order valence-electron chi connectivity index (χ1n) is 7.02. The first kappa shape index (κ1) is 14.1. The molecular formula is C18H16BrNO.